The van der Waals surface area contributed by atoms with Crippen molar-refractivity contribution in [2.24, 2.45) is 5.41 Å². The van der Waals surface area contributed by atoms with E-state index >= 15 is 0 Å². The Hall–Kier alpha value is -5.88. The lowest BCUT2D eigenvalue weighted by atomic mass is 9.92. The van der Waals surface area contributed by atoms with Crippen LogP contribution in [-0.2, 0) is 18.9 Å². The van der Waals surface area contributed by atoms with Crippen LogP contribution < -0.4 is 22.9 Å². The molecule has 0 atom stereocenters. The first-order chi connectivity index (χ1) is 22.1. The summed E-state index contributed by atoms with van der Waals surface area (Å²) in [7, 11) is 1.42. The van der Waals surface area contributed by atoms with Gasteiger partial charge < -0.3 is 41.9 Å². The molecule has 0 aliphatic rings. The van der Waals surface area contributed by atoms with Gasteiger partial charge in [-0.15, -0.1) is 0 Å². The van der Waals surface area contributed by atoms with E-state index in [1.807, 2.05) is 0 Å². The second-order valence-corrected chi connectivity index (χ2v) is 10.2. The lowest BCUT2D eigenvalue weighted by Gasteiger charge is -2.31. The van der Waals surface area contributed by atoms with Crippen LogP contribution in [0.15, 0.2) is 97.1 Å². The minimum absolute atomic E-state index is 0.0837. The van der Waals surface area contributed by atoms with Gasteiger partial charge in [0.2, 0.25) is 0 Å². The first-order valence-electron chi connectivity index (χ1n) is 13.9. The largest absolute Gasteiger partial charge is 0.461 e. The Morgan fingerprint density at radius 2 is 0.870 bits per heavy atom. The summed E-state index contributed by atoms with van der Waals surface area (Å²) in [5.41, 5.74) is 24.1. The summed E-state index contributed by atoms with van der Waals surface area (Å²) < 4.78 is 21.9. The van der Waals surface area contributed by atoms with E-state index in [1.54, 1.807) is 78.9 Å². The third-order valence-corrected chi connectivity index (χ3v) is 6.64. The van der Waals surface area contributed by atoms with Gasteiger partial charge in [-0.2, -0.15) is 0 Å². The summed E-state index contributed by atoms with van der Waals surface area (Å²) in [4.78, 5) is 48.3. The van der Waals surface area contributed by atoms with Gasteiger partial charge in [0.05, 0.1) is 28.7 Å². The molecule has 4 rings (SSSR count). The Morgan fingerprint density at radius 1 is 0.543 bits per heavy atom. The molecule has 0 bridgehead atoms. The summed E-state index contributed by atoms with van der Waals surface area (Å²) in [5, 5.41) is 0. The zero-order valence-corrected chi connectivity index (χ0v) is 25.2. The van der Waals surface area contributed by atoms with Crippen molar-refractivity contribution in [1.29, 1.82) is 0 Å². The predicted octanol–water partition coefficient (Wildman–Crippen LogP) is 4.02. The first-order valence-corrected chi connectivity index (χ1v) is 13.9. The van der Waals surface area contributed by atoms with Crippen LogP contribution in [0.1, 0.15) is 41.4 Å². The second kappa shape index (κ2) is 16.8. The fraction of sp³-hybridized carbons (Fsp3) is 0.176. The lowest BCUT2D eigenvalue weighted by Crippen LogP contribution is -2.43. The van der Waals surface area contributed by atoms with Gasteiger partial charge in [-0.1, -0.05) is 48.5 Å². The number of hydrogen-bond acceptors (Lipinski definition) is 12. The van der Waals surface area contributed by atoms with Crippen LogP contribution in [0.5, 0.6) is 0 Å². The predicted molar refractivity (Wildman–Crippen MR) is 174 cm³/mol. The number of carbonyl (C=O) groups excluding carboxylic acids is 4. The van der Waals surface area contributed by atoms with Crippen molar-refractivity contribution in [3.8, 4) is 0 Å². The van der Waals surface area contributed by atoms with Gasteiger partial charge in [0.25, 0.3) is 0 Å². The SMILES string of the molecule is COCC(COC(=O)c1ccccc1N)(COC(=O)c1ccccc1N)COC(=O)c1ccccc1N.Nc1ccccc1C=O. The molecular formula is C34H36N4O8. The molecule has 0 aromatic heterocycles. The highest BCUT2D eigenvalue weighted by molar-refractivity contribution is 5.96. The minimum Gasteiger partial charge on any atom is -0.461 e. The van der Waals surface area contributed by atoms with Crippen LogP contribution in [0.3, 0.4) is 0 Å². The van der Waals surface area contributed by atoms with Crippen molar-refractivity contribution >= 4 is 46.9 Å². The maximum atomic E-state index is 12.7. The normalized spacial score (nSPS) is 10.5. The Balaban J connectivity index is 0.000000549. The van der Waals surface area contributed by atoms with Gasteiger partial charge in [-0.25, -0.2) is 14.4 Å². The first kappa shape index (κ1) is 34.6. The Kier molecular flexibility index (Phi) is 12.7. The Morgan fingerprint density at radius 3 is 1.15 bits per heavy atom. The number of nitrogen functional groups attached to an aromatic ring is 4. The van der Waals surface area contributed by atoms with E-state index in [9.17, 15) is 19.2 Å². The third-order valence-electron chi connectivity index (χ3n) is 6.64. The number of hydrogen-bond donors (Lipinski definition) is 4. The average molecular weight is 629 g/mol. The van der Waals surface area contributed by atoms with Crippen LogP contribution in [-0.4, -0.2) is 57.7 Å². The highest BCUT2D eigenvalue weighted by atomic mass is 16.6. The molecule has 0 heterocycles. The molecule has 4 aromatic carbocycles. The number of rotatable bonds is 12. The molecule has 0 spiro atoms. The molecule has 0 unspecified atom stereocenters. The minimum atomic E-state index is -1.26. The standard InChI is InChI=1S/C27H29N3O7.C7H7NO/c1-34-14-27(15-35-24(31)18-8-2-5-11-21(18)28,16-36-25(32)19-9-3-6-12-22(19)29)17-37-26(33)20-10-4-7-13-23(20)30;8-7-4-2-1-3-6(7)5-9/h2-13H,14-17,28-30H2,1H3;1-5H,8H2. The lowest BCUT2D eigenvalue weighted by molar-refractivity contribution is -0.0668. The number of methoxy groups -OCH3 is 1. The van der Waals surface area contributed by atoms with Crippen molar-refractivity contribution in [2.75, 3.05) is 56.5 Å². The monoisotopic (exact) mass is 628 g/mol. The molecule has 46 heavy (non-hydrogen) atoms. The highest BCUT2D eigenvalue weighted by Gasteiger charge is 2.37. The van der Waals surface area contributed by atoms with E-state index in [2.05, 4.69) is 0 Å². The summed E-state index contributed by atoms with van der Waals surface area (Å²) in [6, 6.07) is 26.2. The number of anilines is 4. The zero-order valence-electron chi connectivity index (χ0n) is 25.2. The molecule has 0 radical (unpaired) electrons. The molecule has 0 amide bonds. The number of esters is 3. The van der Waals surface area contributed by atoms with Gasteiger partial charge in [-0.3, -0.25) is 4.79 Å². The summed E-state index contributed by atoms with van der Waals surface area (Å²) >= 11 is 0. The van der Waals surface area contributed by atoms with Crippen LogP contribution in [0.25, 0.3) is 0 Å². The average Bonchev–Trinajstić information content (AvgIpc) is 3.06. The Labute approximate surface area is 266 Å². The van der Waals surface area contributed by atoms with Gasteiger partial charge in [-0.05, 0) is 48.5 Å². The summed E-state index contributed by atoms with van der Waals surface area (Å²) in [6.07, 6.45) is 0.745. The number of nitrogens with two attached hydrogens (primary N) is 4. The molecule has 12 heteroatoms. The number of ether oxygens (including phenoxy) is 4. The Bertz CT molecular complexity index is 1510. The van der Waals surface area contributed by atoms with Crippen molar-refractivity contribution in [1.82, 2.24) is 0 Å². The van der Waals surface area contributed by atoms with E-state index in [0.29, 0.717) is 11.3 Å². The summed E-state index contributed by atoms with van der Waals surface area (Å²) in [5.74, 6) is -2.09. The zero-order chi connectivity index (χ0) is 33.5. The number of aldehydes is 1. The third kappa shape index (κ3) is 9.56. The van der Waals surface area contributed by atoms with E-state index in [0.717, 1.165) is 6.29 Å². The van der Waals surface area contributed by atoms with Gasteiger partial charge in [0.15, 0.2) is 6.29 Å². The van der Waals surface area contributed by atoms with Crippen molar-refractivity contribution in [2.45, 2.75) is 0 Å². The fourth-order valence-electron chi connectivity index (χ4n) is 4.11. The van der Waals surface area contributed by atoms with Crippen molar-refractivity contribution in [3.63, 3.8) is 0 Å². The highest BCUT2D eigenvalue weighted by Crippen LogP contribution is 2.25. The van der Waals surface area contributed by atoms with E-state index < -0.39 is 23.3 Å². The second-order valence-electron chi connectivity index (χ2n) is 10.2. The van der Waals surface area contributed by atoms with Crippen molar-refractivity contribution in [3.05, 3.63) is 119 Å². The van der Waals surface area contributed by atoms with Gasteiger partial charge >= 0.3 is 17.9 Å². The van der Waals surface area contributed by atoms with Crippen molar-refractivity contribution < 1.29 is 38.1 Å². The van der Waals surface area contributed by atoms with Crippen LogP contribution in [0.4, 0.5) is 22.7 Å². The molecule has 0 aliphatic carbocycles. The quantitative estimate of drug-likeness (QED) is 0.0759. The van der Waals surface area contributed by atoms with E-state index in [4.69, 9.17) is 41.9 Å². The maximum absolute atomic E-state index is 12.7. The molecule has 0 saturated heterocycles. The molecule has 0 saturated carbocycles. The van der Waals surface area contributed by atoms with Crippen LogP contribution in [0, 0.1) is 5.41 Å². The molecule has 0 aliphatic heterocycles. The number of carbonyl (C=O) groups is 4. The van der Waals surface area contributed by atoms with Crippen LogP contribution >= 0.6 is 0 Å². The number of benzene rings is 4. The molecular weight excluding hydrogens is 592 g/mol. The van der Waals surface area contributed by atoms with E-state index in [1.165, 1.54) is 25.3 Å². The molecule has 240 valence electrons. The van der Waals surface area contributed by atoms with Gasteiger partial charge in [0.1, 0.15) is 19.8 Å². The number of para-hydroxylation sites is 4. The molecule has 8 N–H and O–H groups in total. The topological polar surface area (TPSA) is 209 Å². The van der Waals surface area contributed by atoms with Gasteiger partial charge in [0, 0.05) is 35.4 Å². The molecule has 12 nitrogen and oxygen atoms in total. The van der Waals surface area contributed by atoms with Crippen LogP contribution in [0.2, 0.25) is 0 Å². The fourth-order valence-corrected chi connectivity index (χ4v) is 4.11. The maximum Gasteiger partial charge on any atom is 0.340 e. The summed E-state index contributed by atoms with van der Waals surface area (Å²) in [6.45, 7) is -1.03. The van der Waals surface area contributed by atoms with E-state index in [-0.39, 0.29) is 60.2 Å². The molecule has 0 fully saturated rings. The molecule has 4 aromatic rings. The smallest absolute Gasteiger partial charge is 0.340 e.